The number of piperidine rings is 1. The number of ether oxygens (including phenoxy) is 2. The number of rotatable bonds is 5. The molecular formula is C16H23N3O2. The van der Waals surface area contributed by atoms with Gasteiger partial charge in [-0.05, 0) is 26.3 Å². The molecular weight excluding hydrogens is 266 g/mol. The molecule has 0 aromatic heterocycles. The number of nitriles is 1. The molecule has 21 heavy (non-hydrogen) atoms. The number of methoxy groups -OCH3 is 2. The van der Waals surface area contributed by atoms with Gasteiger partial charge in [0.1, 0.15) is 11.5 Å². The maximum absolute atomic E-state index is 9.05. The summed E-state index contributed by atoms with van der Waals surface area (Å²) >= 11 is 0. The highest BCUT2D eigenvalue weighted by Gasteiger charge is 2.23. The minimum absolute atomic E-state index is 0.0329. The van der Waals surface area contributed by atoms with Crippen LogP contribution in [0.3, 0.4) is 0 Å². The van der Waals surface area contributed by atoms with E-state index in [1.165, 1.54) is 0 Å². The number of benzene rings is 1. The fraction of sp³-hybridized carbons (Fsp3) is 0.562. The molecule has 0 spiro atoms. The van der Waals surface area contributed by atoms with Crippen molar-refractivity contribution < 1.29 is 9.47 Å². The fourth-order valence-electron chi connectivity index (χ4n) is 2.68. The molecule has 5 heteroatoms. The lowest BCUT2D eigenvalue weighted by atomic mass is 10.0. The van der Waals surface area contributed by atoms with E-state index in [0.717, 1.165) is 43.1 Å². The number of hydrogen-bond acceptors (Lipinski definition) is 5. The van der Waals surface area contributed by atoms with Gasteiger partial charge in [-0.3, -0.25) is 4.90 Å². The molecule has 1 aromatic carbocycles. The molecule has 2 rings (SSSR count). The minimum atomic E-state index is -0.0329. The Balaban J connectivity index is 2.05. The van der Waals surface area contributed by atoms with Crippen LogP contribution in [0.15, 0.2) is 18.2 Å². The Morgan fingerprint density at radius 3 is 2.52 bits per heavy atom. The molecule has 2 atom stereocenters. The molecule has 2 unspecified atom stereocenters. The third kappa shape index (κ3) is 4.02. The topological polar surface area (TPSA) is 57.5 Å². The molecule has 0 saturated carbocycles. The van der Waals surface area contributed by atoms with E-state index >= 15 is 0 Å². The first-order valence-electron chi connectivity index (χ1n) is 7.29. The van der Waals surface area contributed by atoms with Gasteiger partial charge in [-0.15, -0.1) is 0 Å². The summed E-state index contributed by atoms with van der Waals surface area (Å²) in [7, 11) is 3.30. The molecule has 0 bridgehead atoms. The van der Waals surface area contributed by atoms with Crippen LogP contribution in [0.5, 0.6) is 11.5 Å². The largest absolute Gasteiger partial charge is 0.497 e. The van der Waals surface area contributed by atoms with Gasteiger partial charge in [0.15, 0.2) is 0 Å². The van der Waals surface area contributed by atoms with Crippen LogP contribution in [-0.2, 0) is 0 Å². The summed E-state index contributed by atoms with van der Waals surface area (Å²) in [5, 5.41) is 12.6. The van der Waals surface area contributed by atoms with Gasteiger partial charge in [-0.2, -0.15) is 5.26 Å². The van der Waals surface area contributed by atoms with Gasteiger partial charge in [0.25, 0.3) is 0 Å². The molecule has 1 aromatic rings. The molecule has 1 saturated heterocycles. The molecule has 1 aliphatic heterocycles. The number of nitrogens with zero attached hydrogens (tertiary/aromatic N) is 2. The molecule has 5 nitrogen and oxygen atoms in total. The SMILES string of the molecule is COc1cc(NC2CCCN(C(C)C#N)C2)cc(OC)c1. The first-order valence-corrected chi connectivity index (χ1v) is 7.29. The monoisotopic (exact) mass is 289 g/mol. The summed E-state index contributed by atoms with van der Waals surface area (Å²) in [4.78, 5) is 2.22. The average Bonchev–Trinajstić information content (AvgIpc) is 2.53. The number of hydrogen-bond donors (Lipinski definition) is 1. The van der Waals surface area contributed by atoms with E-state index in [2.05, 4.69) is 16.3 Å². The smallest absolute Gasteiger partial charge is 0.124 e. The number of nitrogens with one attached hydrogen (secondary N) is 1. The summed E-state index contributed by atoms with van der Waals surface area (Å²) in [6.45, 7) is 3.83. The Kier molecular flexibility index (Phi) is 5.29. The van der Waals surface area contributed by atoms with Crippen molar-refractivity contribution in [3.8, 4) is 17.6 Å². The average molecular weight is 289 g/mol. The van der Waals surface area contributed by atoms with Crippen LogP contribution in [0.1, 0.15) is 19.8 Å². The first kappa shape index (κ1) is 15.5. The standard InChI is InChI=1S/C16H23N3O2/c1-12(10-17)19-6-4-5-13(11-19)18-14-7-15(20-2)9-16(8-14)21-3/h7-9,12-13,18H,4-6,11H2,1-3H3. The summed E-state index contributed by atoms with van der Waals surface area (Å²) in [5.74, 6) is 1.55. The second-order valence-corrected chi connectivity index (χ2v) is 5.38. The molecule has 0 aliphatic carbocycles. The Morgan fingerprint density at radius 2 is 1.95 bits per heavy atom. The predicted octanol–water partition coefficient (Wildman–Crippen LogP) is 2.49. The van der Waals surface area contributed by atoms with Gasteiger partial charge < -0.3 is 14.8 Å². The summed E-state index contributed by atoms with van der Waals surface area (Å²) in [6, 6.07) is 8.41. The van der Waals surface area contributed by atoms with Gasteiger partial charge in [0, 0.05) is 36.5 Å². The third-order valence-corrected chi connectivity index (χ3v) is 3.91. The highest BCUT2D eigenvalue weighted by atomic mass is 16.5. The van der Waals surface area contributed by atoms with Crippen molar-refractivity contribution in [3.63, 3.8) is 0 Å². The molecule has 1 heterocycles. The lowest BCUT2D eigenvalue weighted by Crippen LogP contribution is -2.45. The van der Waals surface area contributed by atoms with E-state index in [-0.39, 0.29) is 6.04 Å². The van der Waals surface area contributed by atoms with Crippen LogP contribution >= 0.6 is 0 Å². The molecule has 1 N–H and O–H groups in total. The lowest BCUT2D eigenvalue weighted by Gasteiger charge is -2.35. The van der Waals surface area contributed by atoms with E-state index in [1.807, 2.05) is 25.1 Å². The number of likely N-dealkylation sites (tertiary alicyclic amines) is 1. The van der Waals surface area contributed by atoms with E-state index < -0.39 is 0 Å². The summed E-state index contributed by atoms with van der Waals surface area (Å²) in [5.41, 5.74) is 0.989. The van der Waals surface area contributed by atoms with Crippen molar-refractivity contribution in [3.05, 3.63) is 18.2 Å². The van der Waals surface area contributed by atoms with E-state index in [0.29, 0.717) is 6.04 Å². The van der Waals surface area contributed by atoms with Crippen molar-refractivity contribution >= 4 is 5.69 Å². The Bertz CT molecular complexity index is 490. The Labute approximate surface area is 126 Å². The van der Waals surface area contributed by atoms with Crippen LogP contribution in [0.2, 0.25) is 0 Å². The van der Waals surface area contributed by atoms with Crippen molar-refractivity contribution in [2.75, 3.05) is 32.6 Å². The van der Waals surface area contributed by atoms with E-state index in [4.69, 9.17) is 14.7 Å². The maximum Gasteiger partial charge on any atom is 0.124 e. The Hall–Kier alpha value is -1.93. The molecule has 114 valence electrons. The van der Waals surface area contributed by atoms with Crippen LogP contribution < -0.4 is 14.8 Å². The van der Waals surface area contributed by atoms with Gasteiger partial charge in [0.2, 0.25) is 0 Å². The van der Waals surface area contributed by atoms with Crippen molar-refractivity contribution in [2.24, 2.45) is 0 Å². The van der Waals surface area contributed by atoms with Gasteiger partial charge in [0.05, 0.1) is 26.3 Å². The number of anilines is 1. The maximum atomic E-state index is 9.05. The van der Waals surface area contributed by atoms with Crippen molar-refractivity contribution in [2.45, 2.75) is 31.8 Å². The molecule has 1 aliphatic rings. The quantitative estimate of drug-likeness (QED) is 0.902. The van der Waals surface area contributed by atoms with E-state index in [9.17, 15) is 0 Å². The zero-order chi connectivity index (χ0) is 15.2. The second kappa shape index (κ2) is 7.19. The normalized spacial score (nSPS) is 20.4. The van der Waals surface area contributed by atoms with Crippen LogP contribution in [-0.4, -0.2) is 44.3 Å². The molecule has 0 amide bonds. The third-order valence-electron chi connectivity index (χ3n) is 3.91. The zero-order valence-electron chi connectivity index (χ0n) is 12.9. The van der Waals surface area contributed by atoms with Crippen LogP contribution in [0, 0.1) is 11.3 Å². The summed E-state index contributed by atoms with van der Waals surface area (Å²) in [6.07, 6.45) is 2.21. The zero-order valence-corrected chi connectivity index (χ0v) is 12.9. The fourth-order valence-corrected chi connectivity index (χ4v) is 2.68. The minimum Gasteiger partial charge on any atom is -0.497 e. The Morgan fingerprint density at radius 1 is 1.29 bits per heavy atom. The molecule has 0 radical (unpaired) electrons. The van der Waals surface area contributed by atoms with Gasteiger partial charge in [-0.25, -0.2) is 0 Å². The van der Waals surface area contributed by atoms with Crippen LogP contribution in [0.4, 0.5) is 5.69 Å². The first-order chi connectivity index (χ1) is 10.2. The summed E-state index contributed by atoms with van der Waals surface area (Å²) < 4.78 is 10.6. The van der Waals surface area contributed by atoms with Crippen LogP contribution in [0.25, 0.3) is 0 Å². The van der Waals surface area contributed by atoms with Gasteiger partial charge >= 0.3 is 0 Å². The second-order valence-electron chi connectivity index (χ2n) is 5.38. The van der Waals surface area contributed by atoms with Crippen molar-refractivity contribution in [1.29, 1.82) is 5.26 Å². The van der Waals surface area contributed by atoms with E-state index in [1.54, 1.807) is 14.2 Å². The van der Waals surface area contributed by atoms with Gasteiger partial charge in [-0.1, -0.05) is 0 Å². The predicted molar refractivity (Wildman–Crippen MR) is 82.8 cm³/mol. The van der Waals surface area contributed by atoms with Crippen molar-refractivity contribution in [1.82, 2.24) is 4.90 Å². The highest BCUT2D eigenvalue weighted by Crippen LogP contribution is 2.27. The highest BCUT2D eigenvalue weighted by molar-refractivity contribution is 5.54. The lowest BCUT2D eigenvalue weighted by molar-refractivity contribution is 0.193. The molecule has 1 fully saturated rings.